The zero-order valence-corrected chi connectivity index (χ0v) is 10.1. The van der Waals surface area contributed by atoms with Gasteiger partial charge < -0.3 is 5.32 Å². The van der Waals surface area contributed by atoms with Crippen LogP contribution in [0.15, 0.2) is 4.34 Å². The molecule has 0 atom stereocenters. The van der Waals surface area contributed by atoms with Gasteiger partial charge in [-0.1, -0.05) is 18.3 Å². The smallest absolute Gasteiger partial charge is 0.290 e. The standard InChI is InChI=1S/C6H8ClN3O3S2/c1-2-3-4(11)8-5-9-10-6(14-5)15(7,12)13/h2-3H2,1H3,(H,8,9,11). The van der Waals surface area contributed by atoms with Crippen molar-refractivity contribution >= 4 is 42.1 Å². The maximum absolute atomic E-state index is 11.1. The number of rotatable bonds is 4. The summed E-state index contributed by atoms with van der Waals surface area (Å²) in [7, 11) is 1.17. The molecule has 15 heavy (non-hydrogen) atoms. The third kappa shape index (κ3) is 3.73. The molecule has 9 heteroatoms. The Balaban J connectivity index is 2.73. The van der Waals surface area contributed by atoms with Crippen molar-refractivity contribution in [3.63, 3.8) is 0 Å². The van der Waals surface area contributed by atoms with Gasteiger partial charge in [0.15, 0.2) is 0 Å². The number of nitrogens with one attached hydrogen (secondary N) is 1. The molecule has 6 nitrogen and oxygen atoms in total. The number of hydrogen-bond acceptors (Lipinski definition) is 6. The summed E-state index contributed by atoms with van der Waals surface area (Å²) in [5.41, 5.74) is 0. The topological polar surface area (TPSA) is 89.0 Å². The van der Waals surface area contributed by atoms with Gasteiger partial charge in [0.1, 0.15) is 0 Å². The molecule has 0 aromatic carbocycles. The van der Waals surface area contributed by atoms with Gasteiger partial charge in [0.25, 0.3) is 9.05 Å². The molecule has 84 valence electrons. The number of carbonyl (C=O) groups is 1. The number of aromatic nitrogens is 2. The van der Waals surface area contributed by atoms with Crippen molar-refractivity contribution in [2.45, 2.75) is 24.1 Å². The second-order valence-electron chi connectivity index (χ2n) is 2.61. The first kappa shape index (κ1) is 12.3. The first-order valence-electron chi connectivity index (χ1n) is 4.01. The monoisotopic (exact) mass is 269 g/mol. The quantitative estimate of drug-likeness (QED) is 0.655. The van der Waals surface area contributed by atoms with E-state index < -0.39 is 9.05 Å². The van der Waals surface area contributed by atoms with Crippen LogP contribution in [0, 0.1) is 0 Å². The summed E-state index contributed by atoms with van der Waals surface area (Å²) in [6.07, 6.45) is 1.05. The Bertz CT molecular complexity index is 456. The summed E-state index contributed by atoms with van der Waals surface area (Å²) in [5, 5.41) is 9.36. The molecule has 1 heterocycles. The lowest BCUT2D eigenvalue weighted by atomic mass is 10.3. The molecule has 1 aromatic rings. The minimum atomic E-state index is -3.86. The Morgan fingerprint density at radius 2 is 2.20 bits per heavy atom. The maximum Gasteiger partial charge on any atom is 0.290 e. The molecular formula is C6H8ClN3O3S2. The fourth-order valence-electron chi connectivity index (χ4n) is 0.768. The summed E-state index contributed by atoms with van der Waals surface area (Å²) < 4.78 is 21.3. The molecule has 1 amide bonds. The Morgan fingerprint density at radius 1 is 1.53 bits per heavy atom. The van der Waals surface area contributed by atoms with E-state index in [-0.39, 0.29) is 15.4 Å². The molecule has 1 rings (SSSR count). The summed E-state index contributed by atoms with van der Waals surface area (Å²) >= 11 is 0.720. The highest BCUT2D eigenvalue weighted by Gasteiger charge is 2.17. The van der Waals surface area contributed by atoms with E-state index in [1.807, 2.05) is 6.92 Å². The van der Waals surface area contributed by atoms with Crippen molar-refractivity contribution in [1.82, 2.24) is 10.2 Å². The van der Waals surface area contributed by atoms with Crippen molar-refractivity contribution in [2.75, 3.05) is 5.32 Å². The zero-order chi connectivity index (χ0) is 11.5. The molecule has 0 bridgehead atoms. The average Bonchev–Trinajstić information content (AvgIpc) is 2.52. The molecule has 0 aliphatic carbocycles. The molecule has 0 saturated carbocycles. The van der Waals surface area contributed by atoms with Crippen LogP contribution in [0.1, 0.15) is 19.8 Å². The van der Waals surface area contributed by atoms with E-state index in [1.165, 1.54) is 0 Å². The van der Waals surface area contributed by atoms with E-state index in [4.69, 9.17) is 10.7 Å². The van der Waals surface area contributed by atoms with Gasteiger partial charge in [0.05, 0.1) is 0 Å². The largest absolute Gasteiger partial charge is 0.301 e. The second-order valence-corrected chi connectivity index (χ2v) is 6.33. The normalized spacial score (nSPS) is 11.3. The molecule has 0 radical (unpaired) electrons. The van der Waals surface area contributed by atoms with Crippen LogP contribution in [0.5, 0.6) is 0 Å². The first-order chi connectivity index (χ1) is 6.93. The fourth-order valence-corrected chi connectivity index (χ4v) is 2.41. The van der Waals surface area contributed by atoms with Crippen LogP contribution in [-0.2, 0) is 13.8 Å². The van der Waals surface area contributed by atoms with Gasteiger partial charge in [-0.3, -0.25) is 4.79 Å². The second kappa shape index (κ2) is 4.86. The van der Waals surface area contributed by atoms with E-state index in [1.54, 1.807) is 0 Å². The third-order valence-electron chi connectivity index (χ3n) is 1.34. The van der Waals surface area contributed by atoms with Gasteiger partial charge in [-0.15, -0.1) is 10.2 Å². The lowest BCUT2D eigenvalue weighted by molar-refractivity contribution is -0.116. The lowest BCUT2D eigenvalue weighted by Gasteiger charge is -1.96. The number of halogens is 1. The van der Waals surface area contributed by atoms with Gasteiger partial charge in [-0.25, -0.2) is 8.42 Å². The van der Waals surface area contributed by atoms with E-state index in [2.05, 4.69) is 15.5 Å². The van der Waals surface area contributed by atoms with Crippen LogP contribution in [0.2, 0.25) is 0 Å². The van der Waals surface area contributed by atoms with Crippen molar-refractivity contribution in [3.8, 4) is 0 Å². The van der Waals surface area contributed by atoms with Crippen LogP contribution in [-0.4, -0.2) is 24.5 Å². The van der Waals surface area contributed by atoms with Gasteiger partial charge in [-0.05, 0) is 6.42 Å². The third-order valence-corrected chi connectivity index (χ3v) is 4.09. The van der Waals surface area contributed by atoms with E-state index >= 15 is 0 Å². The molecule has 0 unspecified atom stereocenters. The highest BCUT2D eigenvalue weighted by atomic mass is 35.7. The molecule has 0 fully saturated rings. The van der Waals surface area contributed by atoms with Gasteiger partial charge in [0.2, 0.25) is 15.4 Å². The number of carbonyl (C=O) groups excluding carboxylic acids is 1. The number of amides is 1. The summed E-state index contributed by atoms with van der Waals surface area (Å²) in [6, 6.07) is 0. The molecule has 1 N–H and O–H groups in total. The molecule has 0 spiro atoms. The Labute approximate surface area is 95.1 Å². The van der Waals surface area contributed by atoms with Crippen molar-refractivity contribution in [2.24, 2.45) is 0 Å². The number of nitrogens with zero attached hydrogens (tertiary/aromatic N) is 2. The van der Waals surface area contributed by atoms with Crippen LogP contribution >= 0.6 is 22.0 Å². The SMILES string of the molecule is CCCC(=O)Nc1nnc(S(=O)(=O)Cl)s1. The predicted octanol–water partition coefficient (Wildman–Crippen LogP) is 1.20. The zero-order valence-electron chi connectivity index (χ0n) is 7.73. The molecule has 0 saturated heterocycles. The summed E-state index contributed by atoms with van der Waals surface area (Å²) in [5.74, 6) is -0.229. The molecule has 1 aromatic heterocycles. The Hall–Kier alpha value is -0.730. The number of anilines is 1. The Morgan fingerprint density at radius 3 is 2.67 bits per heavy atom. The summed E-state index contributed by atoms with van der Waals surface area (Å²) in [6.45, 7) is 1.86. The first-order valence-corrected chi connectivity index (χ1v) is 7.14. The van der Waals surface area contributed by atoms with Crippen LogP contribution in [0.3, 0.4) is 0 Å². The lowest BCUT2D eigenvalue weighted by Crippen LogP contribution is -2.10. The maximum atomic E-state index is 11.1. The minimum Gasteiger partial charge on any atom is -0.301 e. The number of hydrogen-bond donors (Lipinski definition) is 1. The van der Waals surface area contributed by atoms with Crippen molar-refractivity contribution in [3.05, 3.63) is 0 Å². The molecule has 0 aliphatic heterocycles. The van der Waals surface area contributed by atoms with Crippen LogP contribution in [0.4, 0.5) is 5.13 Å². The van der Waals surface area contributed by atoms with Crippen molar-refractivity contribution < 1.29 is 13.2 Å². The van der Waals surface area contributed by atoms with Gasteiger partial charge >= 0.3 is 0 Å². The molecular weight excluding hydrogens is 262 g/mol. The van der Waals surface area contributed by atoms with E-state index in [0.717, 1.165) is 11.3 Å². The molecule has 0 aliphatic rings. The summed E-state index contributed by atoms with van der Waals surface area (Å²) in [4.78, 5) is 11.1. The van der Waals surface area contributed by atoms with Crippen molar-refractivity contribution in [1.29, 1.82) is 0 Å². The van der Waals surface area contributed by atoms with Gasteiger partial charge in [-0.2, -0.15) is 0 Å². The highest BCUT2D eigenvalue weighted by molar-refractivity contribution is 8.15. The fraction of sp³-hybridized carbons (Fsp3) is 0.500. The van der Waals surface area contributed by atoms with E-state index in [0.29, 0.717) is 12.8 Å². The predicted molar refractivity (Wildman–Crippen MR) is 56.5 cm³/mol. The van der Waals surface area contributed by atoms with Crippen LogP contribution < -0.4 is 5.32 Å². The van der Waals surface area contributed by atoms with E-state index in [9.17, 15) is 13.2 Å². The van der Waals surface area contributed by atoms with Gasteiger partial charge in [0, 0.05) is 17.1 Å². The minimum absolute atomic E-state index is 0.132. The Kier molecular flexibility index (Phi) is 4.00. The highest BCUT2D eigenvalue weighted by Crippen LogP contribution is 2.22. The van der Waals surface area contributed by atoms with Crippen LogP contribution in [0.25, 0.3) is 0 Å². The average molecular weight is 270 g/mol.